The minimum Gasteiger partial charge on any atom is -0.500 e. The van der Waals surface area contributed by atoms with Crippen molar-refractivity contribution in [2.45, 2.75) is 6.92 Å². The Morgan fingerprint density at radius 2 is 2.04 bits per heavy atom. The molecule has 4 amide bonds. The molecule has 0 spiro atoms. The zero-order valence-electron chi connectivity index (χ0n) is 12.7. The Bertz CT molecular complexity index is 785. The van der Waals surface area contributed by atoms with Crippen molar-refractivity contribution in [3.05, 3.63) is 33.4 Å². The van der Waals surface area contributed by atoms with Crippen molar-refractivity contribution >= 4 is 29.6 Å². The number of benzene rings is 1. The number of nitrogens with zero attached hydrogens (tertiary/aromatic N) is 2. The standard InChI is InChI=1S/C14H13N3O7/c1-3-24-10-6-7(5-9(11(10)18)17(22)23)4-8-12(19)15-14(21)16(2)13(8)20/h4-6,18H,3H2,1-2H3,(H,15,19,21)/b8-4+. The molecule has 1 heterocycles. The molecule has 0 aliphatic carbocycles. The van der Waals surface area contributed by atoms with Gasteiger partial charge in [0.15, 0.2) is 5.75 Å². The summed E-state index contributed by atoms with van der Waals surface area (Å²) >= 11 is 0. The monoisotopic (exact) mass is 335 g/mol. The summed E-state index contributed by atoms with van der Waals surface area (Å²) in [5.41, 5.74) is -0.926. The molecule has 2 rings (SSSR count). The molecule has 24 heavy (non-hydrogen) atoms. The van der Waals surface area contributed by atoms with Crippen LogP contribution in [0.5, 0.6) is 11.5 Å². The molecule has 0 radical (unpaired) electrons. The molecule has 0 bridgehead atoms. The number of ether oxygens (including phenoxy) is 1. The number of likely N-dealkylation sites (N-methyl/N-ethyl adjacent to an activating group) is 1. The summed E-state index contributed by atoms with van der Waals surface area (Å²) in [7, 11) is 1.18. The molecule has 1 aliphatic heterocycles. The number of urea groups is 1. The molecule has 10 nitrogen and oxygen atoms in total. The maximum atomic E-state index is 12.0. The highest BCUT2D eigenvalue weighted by atomic mass is 16.6. The van der Waals surface area contributed by atoms with Gasteiger partial charge in [-0.25, -0.2) is 4.79 Å². The van der Waals surface area contributed by atoms with Crippen LogP contribution in [0.15, 0.2) is 17.7 Å². The van der Waals surface area contributed by atoms with Gasteiger partial charge < -0.3 is 9.84 Å². The van der Waals surface area contributed by atoms with Gasteiger partial charge in [0.05, 0.1) is 11.5 Å². The van der Waals surface area contributed by atoms with Gasteiger partial charge in [0.25, 0.3) is 11.8 Å². The van der Waals surface area contributed by atoms with Crippen LogP contribution in [0.1, 0.15) is 12.5 Å². The van der Waals surface area contributed by atoms with Crippen molar-refractivity contribution < 1.29 is 29.2 Å². The first kappa shape index (κ1) is 16.9. The van der Waals surface area contributed by atoms with Crippen molar-refractivity contribution in [2.75, 3.05) is 13.7 Å². The molecular formula is C14H13N3O7. The molecule has 1 aliphatic rings. The zero-order chi connectivity index (χ0) is 18.0. The van der Waals surface area contributed by atoms with E-state index in [0.717, 1.165) is 12.1 Å². The average molecular weight is 335 g/mol. The summed E-state index contributed by atoms with van der Waals surface area (Å²) < 4.78 is 5.12. The Labute approximate surface area is 135 Å². The van der Waals surface area contributed by atoms with E-state index in [1.165, 1.54) is 13.1 Å². The topological polar surface area (TPSA) is 139 Å². The molecular weight excluding hydrogens is 322 g/mol. The molecule has 1 aromatic carbocycles. The van der Waals surface area contributed by atoms with E-state index in [0.29, 0.717) is 4.90 Å². The van der Waals surface area contributed by atoms with Gasteiger partial charge in [0, 0.05) is 13.1 Å². The number of barbiturate groups is 1. The van der Waals surface area contributed by atoms with Crippen LogP contribution in [0.25, 0.3) is 6.08 Å². The summed E-state index contributed by atoms with van der Waals surface area (Å²) in [5.74, 6) is -2.59. The average Bonchev–Trinajstić information content (AvgIpc) is 2.52. The minimum atomic E-state index is -0.920. The second-order valence-corrected chi connectivity index (χ2v) is 4.76. The summed E-state index contributed by atoms with van der Waals surface area (Å²) in [5, 5.41) is 22.8. The number of carbonyl (C=O) groups excluding carboxylic acids is 3. The Kier molecular flexibility index (Phi) is 4.49. The predicted molar refractivity (Wildman–Crippen MR) is 80.2 cm³/mol. The fourth-order valence-electron chi connectivity index (χ4n) is 2.01. The van der Waals surface area contributed by atoms with E-state index in [1.54, 1.807) is 6.92 Å². The molecule has 10 heteroatoms. The molecule has 126 valence electrons. The van der Waals surface area contributed by atoms with Crippen LogP contribution in [0.2, 0.25) is 0 Å². The number of imide groups is 2. The summed E-state index contributed by atoms with van der Waals surface area (Å²) in [6.07, 6.45) is 1.08. The van der Waals surface area contributed by atoms with Crippen molar-refractivity contribution in [1.29, 1.82) is 0 Å². The number of nitro groups is 1. The van der Waals surface area contributed by atoms with E-state index in [-0.39, 0.29) is 23.5 Å². The molecule has 1 aromatic rings. The first-order chi connectivity index (χ1) is 11.3. The number of phenols is 1. The molecule has 2 N–H and O–H groups in total. The normalized spacial score (nSPS) is 16.3. The first-order valence-electron chi connectivity index (χ1n) is 6.75. The van der Waals surface area contributed by atoms with Gasteiger partial charge >= 0.3 is 11.7 Å². The van der Waals surface area contributed by atoms with Crippen molar-refractivity contribution in [2.24, 2.45) is 0 Å². The third-order valence-corrected chi connectivity index (χ3v) is 3.19. The van der Waals surface area contributed by atoms with Gasteiger partial charge in [-0.1, -0.05) is 0 Å². The maximum absolute atomic E-state index is 12.0. The zero-order valence-corrected chi connectivity index (χ0v) is 12.7. The lowest BCUT2D eigenvalue weighted by Gasteiger charge is -2.22. The van der Waals surface area contributed by atoms with Crippen LogP contribution >= 0.6 is 0 Å². The van der Waals surface area contributed by atoms with Crippen LogP contribution in [-0.4, -0.2) is 46.4 Å². The highest BCUT2D eigenvalue weighted by Crippen LogP contribution is 2.37. The van der Waals surface area contributed by atoms with E-state index in [1.807, 2.05) is 5.32 Å². The van der Waals surface area contributed by atoms with Gasteiger partial charge in [0.1, 0.15) is 5.57 Å². The number of nitrogens with one attached hydrogen (secondary N) is 1. The van der Waals surface area contributed by atoms with E-state index < -0.39 is 34.2 Å². The van der Waals surface area contributed by atoms with Crippen molar-refractivity contribution in [3.8, 4) is 11.5 Å². The lowest BCUT2D eigenvalue weighted by molar-refractivity contribution is -0.386. The molecule has 1 saturated heterocycles. The summed E-state index contributed by atoms with van der Waals surface area (Å²) in [6, 6.07) is 1.37. The van der Waals surface area contributed by atoms with Crippen molar-refractivity contribution in [1.82, 2.24) is 10.2 Å². The van der Waals surface area contributed by atoms with Crippen LogP contribution in [-0.2, 0) is 9.59 Å². The fourth-order valence-corrected chi connectivity index (χ4v) is 2.01. The molecule has 0 aromatic heterocycles. The largest absolute Gasteiger partial charge is 0.500 e. The summed E-state index contributed by atoms with van der Waals surface area (Å²) in [4.78, 5) is 46.0. The number of aromatic hydroxyl groups is 1. The fraction of sp³-hybridized carbons (Fsp3) is 0.214. The van der Waals surface area contributed by atoms with E-state index in [2.05, 4.69) is 0 Å². The smallest absolute Gasteiger partial charge is 0.331 e. The van der Waals surface area contributed by atoms with Crippen LogP contribution < -0.4 is 10.1 Å². The Hall–Kier alpha value is -3.43. The Morgan fingerprint density at radius 1 is 1.38 bits per heavy atom. The highest BCUT2D eigenvalue weighted by molar-refractivity contribution is 6.30. The lowest BCUT2D eigenvalue weighted by atomic mass is 10.1. The van der Waals surface area contributed by atoms with Gasteiger partial charge in [-0.3, -0.25) is 29.9 Å². The second-order valence-electron chi connectivity index (χ2n) is 4.76. The number of amides is 4. The van der Waals surface area contributed by atoms with Gasteiger partial charge in [-0.05, 0) is 24.6 Å². The number of hydrogen-bond donors (Lipinski definition) is 2. The van der Waals surface area contributed by atoms with Crippen molar-refractivity contribution in [3.63, 3.8) is 0 Å². The first-order valence-corrected chi connectivity index (χ1v) is 6.75. The number of phenolic OH excluding ortho intramolecular Hbond substituents is 1. The summed E-state index contributed by atoms with van der Waals surface area (Å²) in [6.45, 7) is 1.76. The SMILES string of the molecule is CCOc1cc(/C=C2\C(=O)NC(=O)N(C)C2=O)cc([N+](=O)[O-])c1O. The van der Waals surface area contributed by atoms with Crippen LogP contribution in [0.4, 0.5) is 10.5 Å². The molecule has 0 atom stereocenters. The predicted octanol–water partition coefficient (Wildman–Crippen LogP) is 0.791. The number of carbonyl (C=O) groups is 3. The van der Waals surface area contributed by atoms with Gasteiger partial charge in [-0.15, -0.1) is 0 Å². The Morgan fingerprint density at radius 3 is 2.62 bits per heavy atom. The molecule has 0 saturated carbocycles. The van der Waals surface area contributed by atoms with E-state index >= 15 is 0 Å². The van der Waals surface area contributed by atoms with Crippen LogP contribution in [0, 0.1) is 10.1 Å². The van der Waals surface area contributed by atoms with Crippen LogP contribution in [0.3, 0.4) is 0 Å². The third kappa shape index (κ3) is 3.02. The maximum Gasteiger partial charge on any atom is 0.331 e. The molecule has 0 unspecified atom stereocenters. The van der Waals surface area contributed by atoms with Gasteiger partial charge in [0.2, 0.25) is 5.75 Å². The Balaban J connectivity index is 2.55. The second kappa shape index (κ2) is 6.36. The quantitative estimate of drug-likeness (QED) is 0.359. The van der Waals surface area contributed by atoms with E-state index in [4.69, 9.17) is 4.74 Å². The number of nitro benzene ring substituents is 1. The third-order valence-electron chi connectivity index (χ3n) is 3.19. The lowest BCUT2D eigenvalue weighted by Crippen LogP contribution is -2.52. The van der Waals surface area contributed by atoms with Gasteiger partial charge in [-0.2, -0.15) is 0 Å². The molecule has 1 fully saturated rings. The number of rotatable bonds is 4. The number of hydrogen-bond acceptors (Lipinski definition) is 7. The highest BCUT2D eigenvalue weighted by Gasteiger charge is 2.33. The van der Waals surface area contributed by atoms with E-state index in [9.17, 15) is 29.6 Å². The minimum absolute atomic E-state index is 0.0872.